The normalized spacial score (nSPS) is 17.0. The molecule has 0 radical (unpaired) electrons. The fourth-order valence-electron chi connectivity index (χ4n) is 4.82. The maximum Gasteiger partial charge on any atom is 0.248 e. The van der Waals surface area contributed by atoms with Crippen molar-refractivity contribution >= 4 is 23.4 Å². The van der Waals surface area contributed by atoms with E-state index in [9.17, 15) is 9.59 Å². The van der Waals surface area contributed by atoms with E-state index < -0.39 is 5.54 Å². The minimum Gasteiger partial charge on any atom is -0.477 e. The van der Waals surface area contributed by atoms with Gasteiger partial charge in [0.15, 0.2) is 0 Å². The second-order valence-corrected chi connectivity index (χ2v) is 10.1. The van der Waals surface area contributed by atoms with E-state index in [1.807, 2.05) is 64.1 Å². The zero-order valence-corrected chi connectivity index (χ0v) is 22.1. The molecular formula is C28H33ClN4O3. The van der Waals surface area contributed by atoms with Crippen molar-refractivity contribution in [2.45, 2.75) is 59.2 Å². The molecule has 0 aliphatic carbocycles. The van der Waals surface area contributed by atoms with E-state index in [-0.39, 0.29) is 18.2 Å². The van der Waals surface area contributed by atoms with Gasteiger partial charge in [0, 0.05) is 24.2 Å². The lowest BCUT2D eigenvalue weighted by Gasteiger charge is -2.51. The van der Waals surface area contributed by atoms with Crippen molar-refractivity contribution in [3.8, 4) is 5.88 Å². The number of rotatable bonds is 9. The summed E-state index contributed by atoms with van der Waals surface area (Å²) in [6, 6.07) is 15.4. The van der Waals surface area contributed by atoms with Crippen LogP contribution >= 0.6 is 11.6 Å². The summed E-state index contributed by atoms with van der Waals surface area (Å²) in [5.41, 5.74) is 4.04. The minimum atomic E-state index is -0.898. The van der Waals surface area contributed by atoms with Crippen LogP contribution < -0.4 is 4.74 Å². The number of carbonyl (C=O) groups excluding carboxylic acids is 2. The number of aryl methyl sites for hydroxylation is 2. The van der Waals surface area contributed by atoms with Crippen LogP contribution in [0.2, 0.25) is 5.02 Å². The molecule has 8 heteroatoms. The van der Waals surface area contributed by atoms with Gasteiger partial charge in [0.25, 0.3) is 0 Å². The first-order valence-electron chi connectivity index (χ1n) is 12.3. The number of aromatic nitrogens is 2. The molecule has 1 aliphatic heterocycles. The van der Waals surface area contributed by atoms with Crippen molar-refractivity contribution in [1.29, 1.82) is 0 Å². The summed E-state index contributed by atoms with van der Waals surface area (Å²) in [6.45, 7) is 9.59. The first-order valence-corrected chi connectivity index (χ1v) is 12.6. The van der Waals surface area contributed by atoms with Gasteiger partial charge < -0.3 is 14.5 Å². The Bertz CT molecular complexity index is 1220. The summed E-state index contributed by atoms with van der Waals surface area (Å²) in [5.74, 6) is 0.366. The summed E-state index contributed by atoms with van der Waals surface area (Å²) in [5, 5.41) is 7.77. The molecule has 2 heterocycles. The molecule has 1 N–H and O–H groups in total. The van der Waals surface area contributed by atoms with Crippen molar-refractivity contribution in [3.05, 3.63) is 81.5 Å². The standard InChI is InChI=1S/C28H33ClN4O3/c1-5-36-25-16-24(30-31-25)18-32(17-21-6-8-23(29)9-7-21)27(35)28(4)10-11-33(28)26(34)15-22-13-19(2)12-20(3)14-22/h6-9,12-14,16H,5,10-11,15,17-18H2,1-4H3,(H,30,31). The van der Waals surface area contributed by atoms with Gasteiger partial charge in [0.1, 0.15) is 5.54 Å². The van der Waals surface area contributed by atoms with Gasteiger partial charge in [-0.3, -0.25) is 14.7 Å². The summed E-state index contributed by atoms with van der Waals surface area (Å²) >= 11 is 6.07. The molecule has 2 aromatic carbocycles. The molecular weight excluding hydrogens is 476 g/mol. The lowest BCUT2D eigenvalue weighted by atomic mass is 9.84. The molecule has 4 rings (SSSR count). The number of nitrogens with zero attached hydrogens (tertiary/aromatic N) is 3. The molecule has 1 unspecified atom stereocenters. The maximum atomic E-state index is 14.0. The van der Waals surface area contributed by atoms with Crippen LogP contribution in [0.1, 0.15) is 48.2 Å². The highest BCUT2D eigenvalue weighted by Crippen LogP contribution is 2.34. The van der Waals surface area contributed by atoms with Crippen molar-refractivity contribution < 1.29 is 14.3 Å². The second kappa shape index (κ2) is 10.7. The third kappa shape index (κ3) is 5.73. The zero-order valence-electron chi connectivity index (χ0n) is 21.3. The average Bonchev–Trinajstić information content (AvgIpc) is 3.24. The summed E-state index contributed by atoms with van der Waals surface area (Å²) < 4.78 is 5.47. The molecule has 1 fully saturated rings. The fourth-order valence-corrected chi connectivity index (χ4v) is 4.95. The van der Waals surface area contributed by atoms with E-state index in [4.69, 9.17) is 16.3 Å². The van der Waals surface area contributed by atoms with Crippen LogP contribution in [0.3, 0.4) is 0 Å². The van der Waals surface area contributed by atoms with Gasteiger partial charge in [0.05, 0.1) is 25.3 Å². The van der Waals surface area contributed by atoms with Crippen molar-refractivity contribution in [2.24, 2.45) is 0 Å². The van der Waals surface area contributed by atoms with Crippen LogP contribution in [-0.2, 0) is 29.1 Å². The monoisotopic (exact) mass is 508 g/mol. The number of likely N-dealkylation sites (tertiary alicyclic amines) is 1. The van der Waals surface area contributed by atoms with Gasteiger partial charge in [-0.2, -0.15) is 0 Å². The maximum absolute atomic E-state index is 14.0. The first-order chi connectivity index (χ1) is 17.2. The van der Waals surface area contributed by atoms with Crippen LogP contribution in [0, 0.1) is 13.8 Å². The lowest BCUT2D eigenvalue weighted by molar-refractivity contribution is -0.164. The molecule has 36 heavy (non-hydrogen) atoms. The molecule has 7 nitrogen and oxygen atoms in total. The highest BCUT2D eigenvalue weighted by atomic mass is 35.5. The third-order valence-corrected chi connectivity index (χ3v) is 6.90. The highest BCUT2D eigenvalue weighted by Gasteiger charge is 2.50. The molecule has 3 aromatic rings. The van der Waals surface area contributed by atoms with E-state index in [0.717, 1.165) is 27.9 Å². The third-order valence-electron chi connectivity index (χ3n) is 6.65. The number of amides is 2. The number of hydrogen-bond donors (Lipinski definition) is 1. The summed E-state index contributed by atoms with van der Waals surface area (Å²) in [4.78, 5) is 30.8. The predicted octanol–water partition coefficient (Wildman–Crippen LogP) is 4.84. The molecule has 190 valence electrons. The largest absolute Gasteiger partial charge is 0.477 e. The number of halogens is 1. The Kier molecular flexibility index (Phi) is 7.69. The molecule has 0 saturated carbocycles. The Labute approximate surface area is 217 Å². The number of nitrogens with one attached hydrogen (secondary N) is 1. The van der Waals surface area contributed by atoms with E-state index in [1.165, 1.54) is 0 Å². The van der Waals surface area contributed by atoms with E-state index in [1.54, 1.807) is 15.9 Å². The number of H-pyrrole nitrogens is 1. The molecule has 1 saturated heterocycles. The first kappa shape index (κ1) is 25.8. The van der Waals surface area contributed by atoms with Crippen molar-refractivity contribution in [1.82, 2.24) is 20.0 Å². The quantitative estimate of drug-likeness (QED) is 0.448. The minimum absolute atomic E-state index is 0.0336. The molecule has 1 aliphatic rings. The Morgan fingerprint density at radius 2 is 1.78 bits per heavy atom. The molecule has 2 amide bonds. The van der Waals surface area contributed by atoms with Crippen molar-refractivity contribution in [3.63, 3.8) is 0 Å². The Balaban J connectivity index is 1.54. The SMILES string of the molecule is CCOc1cc(CN(Cc2ccc(Cl)cc2)C(=O)C2(C)CCN2C(=O)Cc2cc(C)cc(C)c2)[nH]n1. The number of benzene rings is 2. The van der Waals surface area contributed by atoms with Crippen molar-refractivity contribution in [2.75, 3.05) is 13.2 Å². The summed E-state index contributed by atoms with van der Waals surface area (Å²) in [6.07, 6.45) is 0.898. The lowest BCUT2D eigenvalue weighted by Crippen LogP contribution is -2.67. The van der Waals surface area contributed by atoms with Gasteiger partial charge in [-0.05, 0) is 57.4 Å². The number of carbonyl (C=O) groups is 2. The van der Waals surface area contributed by atoms with Gasteiger partial charge in [-0.15, -0.1) is 5.10 Å². The summed E-state index contributed by atoms with van der Waals surface area (Å²) in [7, 11) is 0. The molecule has 1 aromatic heterocycles. The van der Waals surface area contributed by atoms with Crippen LogP contribution in [0.25, 0.3) is 0 Å². The van der Waals surface area contributed by atoms with Gasteiger partial charge in [-0.1, -0.05) is 53.1 Å². The van der Waals surface area contributed by atoms with E-state index >= 15 is 0 Å². The van der Waals surface area contributed by atoms with Crippen LogP contribution in [0.5, 0.6) is 5.88 Å². The topological polar surface area (TPSA) is 78.5 Å². The average molecular weight is 509 g/mol. The Morgan fingerprint density at radius 1 is 1.08 bits per heavy atom. The zero-order chi connectivity index (χ0) is 25.9. The fraction of sp³-hybridized carbons (Fsp3) is 0.393. The highest BCUT2D eigenvalue weighted by molar-refractivity contribution is 6.30. The van der Waals surface area contributed by atoms with Crippen LogP contribution in [0.15, 0.2) is 48.5 Å². The smallest absolute Gasteiger partial charge is 0.248 e. The number of ether oxygens (including phenoxy) is 1. The Morgan fingerprint density at radius 3 is 2.39 bits per heavy atom. The molecule has 0 spiro atoms. The van der Waals surface area contributed by atoms with E-state index in [2.05, 4.69) is 16.3 Å². The molecule has 1 atom stereocenters. The molecule has 0 bridgehead atoms. The van der Waals surface area contributed by atoms with Crippen LogP contribution in [0.4, 0.5) is 0 Å². The van der Waals surface area contributed by atoms with Gasteiger partial charge in [-0.25, -0.2) is 0 Å². The number of aromatic amines is 1. The van der Waals surface area contributed by atoms with Gasteiger partial charge in [0.2, 0.25) is 17.7 Å². The van der Waals surface area contributed by atoms with Gasteiger partial charge >= 0.3 is 0 Å². The van der Waals surface area contributed by atoms with Crippen LogP contribution in [-0.4, -0.2) is 50.5 Å². The predicted molar refractivity (Wildman–Crippen MR) is 140 cm³/mol. The van der Waals surface area contributed by atoms with E-state index in [0.29, 0.717) is 43.6 Å². The Hall–Kier alpha value is -3.32. The number of hydrogen-bond acceptors (Lipinski definition) is 4. The second-order valence-electron chi connectivity index (χ2n) is 9.69.